The maximum atomic E-state index is 12.1. The van der Waals surface area contributed by atoms with E-state index in [-0.39, 0.29) is 13.0 Å². The molecule has 3 amide bonds. The Hall–Kier alpha value is -3.39. The number of hydrogen-bond acceptors (Lipinski definition) is 4. The molecule has 3 rings (SSSR count). The Morgan fingerprint density at radius 3 is 2.39 bits per heavy atom. The molecule has 8 nitrogen and oxygen atoms in total. The van der Waals surface area contributed by atoms with Crippen molar-refractivity contribution in [2.75, 3.05) is 6.54 Å². The van der Waals surface area contributed by atoms with Gasteiger partial charge in [-0.3, -0.25) is 25.2 Å². The molecule has 3 N–H and O–H groups in total. The molecule has 0 atom stereocenters. The first kappa shape index (κ1) is 19.4. The quantitative estimate of drug-likeness (QED) is 0.563. The van der Waals surface area contributed by atoms with Crippen LogP contribution in [0.4, 0.5) is 0 Å². The second-order valence-electron chi connectivity index (χ2n) is 6.04. The van der Waals surface area contributed by atoms with Crippen LogP contribution in [-0.2, 0) is 23.1 Å². The molecule has 144 valence electrons. The van der Waals surface area contributed by atoms with Gasteiger partial charge in [-0.25, -0.2) is 4.98 Å². The van der Waals surface area contributed by atoms with Crippen LogP contribution in [0.15, 0.2) is 48.5 Å². The van der Waals surface area contributed by atoms with Gasteiger partial charge in [0.25, 0.3) is 11.8 Å². The fourth-order valence-electron chi connectivity index (χ4n) is 2.59. The summed E-state index contributed by atoms with van der Waals surface area (Å²) < 4.78 is 1.82. The highest BCUT2D eigenvalue weighted by atomic mass is 35.5. The third-order valence-corrected chi connectivity index (χ3v) is 4.31. The fraction of sp³-hybridized carbons (Fsp3) is 0.158. The number of carbonyl (C=O) groups excluding carboxylic acids is 3. The van der Waals surface area contributed by atoms with Crippen molar-refractivity contribution in [2.24, 2.45) is 7.05 Å². The van der Waals surface area contributed by atoms with Gasteiger partial charge in [0, 0.05) is 17.6 Å². The largest absolute Gasteiger partial charge is 0.343 e. The summed E-state index contributed by atoms with van der Waals surface area (Å²) in [4.78, 5) is 40.2. The Kier molecular flexibility index (Phi) is 5.90. The summed E-state index contributed by atoms with van der Waals surface area (Å²) in [6, 6.07) is 13.8. The van der Waals surface area contributed by atoms with E-state index in [0.29, 0.717) is 16.4 Å². The summed E-state index contributed by atoms with van der Waals surface area (Å²) in [6.45, 7) is -0.284. The zero-order chi connectivity index (χ0) is 20.1. The van der Waals surface area contributed by atoms with Gasteiger partial charge in [0.1, 0.15) is 5.82 Å². The molecule has 0 aliphatic heterocycles. The molecule has 1 heterocycles. The highest BCUT2D eigenvalue weighted by Gasteiger charge is 2.13. The summed E-state index contributed by atoms with van der Waals surface area (Å²) >= 11 is 5.76. The molecule has 0 saturated heterocycles. The standard InChI is InChI=1S/C19H18ClN5O3/c1-25-15-5-3-2-4-14(15)22-16(25)10-17(26)23-24-18(27)11-21-19(28)12-6-8-13(20)9-7-12/h2-9H,10-11H2,1H3,(H,21,28)(H,23,26)(H,24,27). The number of aromatic nitrogens is 2. The molecular formula is C19H18ClN5O3. The van der Waals surface area contributed by atoms with Crippen molar-refractivity contribution < 1.29 is 14.4 Å². The number of nitrogens with one attached hydrogen (secondary N) is 3. The Morgan fingerprint density at radius 1 is 1.00 bits per heavy atom. The van der Waals surface area contributed by atoms with Crippen molar-refractivity contribution in [3.05, 3.63) is 64.9 Å². The van der Waals surface area contributed by atoms with E-state index in [1.807, 2.05) is 35.9 Å². The minimum absolute atomic E-state index is 0.00257. The monoisotopic (exact) mass is 399 g/mol. The zero-order valence-electron chi connectivity index (χ0n) is 15.0. The number of halogens is 1. The molecule has 0 spiro atoms. The van der Waals surface area contributed by atoms with Crippen LogP contribution in [-0.4, -0.2) is 33.8 Å². The van der Waals surface area contributed by atoms with Crippen molar-refractivity contribution in [3.63, 3.8) is 0 Å². The predicted molar refractivity (Wildman–Crippen MR) is 104 cm³/mol. The van der Waals surface area contributed by atoms with Gasteiger partial charge in [0.2, 0.25) is 5.91 Å². The van der Waals surface area contributed by atoms with Gasteiger partial charge in [-0.2, -0.15) is 0 Å². The first-order valence-electron chi connectivity index (χ1n) is 8.46. The fourth-order valence-corrected chi connectivity index (χ4v) is 2.71. The summed E-state index contributed by atoms with van der Waals surface area (Å²) in [5, 5.41) is 2.97. The van der Waals surface area contributed by atoms with Crippen LogP contribution in [0.3, 0.4) is 0 Å². The number of para-hydroxylation sites is 2. The lowest BCUT2D eigenvalue weighted by Crippen LogP contribution is -2.47. The highest BCUT2D eigenvalue weighted by Crippen LogP contribution is 2.14. The number of imidazole rings is 1. The van der Waals surface area contributed by atoms with Gasteiger partial charge in [-0.15, -0.1) is 0 Å². The predicted octanol–water partition coefficient (Wildman–Crippen LogP) is 1.35. The Bertz CT molecular complexity index is 1030. The SMILES string of the molecule is Cn1c(CC(=O)NNC(=O)CNC(=O)c2ccc(Cl)cc2)nc2ccccc21. The first-order valence-corrected chi connectivity index (χ1v) is 8.83. The Balaban J connectivity index is 1.46. The van der Waals surface area contributed by atoms with E-state index in [1.165, 1.54) is 0 Å². The lowest BCUT2D eigenvalue weighted by Gasteiger charge is -2.08. The number of fused-ring (bicyclic) bond motifs is 1. The molecule has 2 aromatic carbocycles. The molecule has 0 aliphatic carbocycles. The van der Waals surface area contributed by atoms with Gasteiger partial charge in [0.15, 0.2) is 0 Å². The first-order chi connectivity index (χ1) is 13.4. The highest BCUT2D eigenvalue weighted by molar-refractivity contribution is 6.30. The number of hydrogen-bond donors (Lipinski definition) is 3. The molecular weight excluding hydrogens is 382 g/mol. The second-order valence-corrected chi connectivity index (χ2v) is 6.47. The van der Waals surface area contributed by atoms with E-state index < -0.39 is 17.7 Å². The molecule has 0 aliphatic rings. The van der Waals surface area contributed by atoms with E-state index in [1.54, 1.807) is 24.3 Å². The topological polar surface area (TPSA) is 105 Å². The van der Waals surface area contributed by atoms with Gasteiger partial charge in [-0.05, 0) is 36.4 Å². The third-order valence-electron chi connectivity index (χ3n) is 4.06. The van der Waals surface area contributed by atoms with Crippen LogP contribution in [0.25, 0.3) is 11.0 Å². The zero-order valence-corrected chi connectivity index (χ0v) is 15.8. The number of nitrogens with zero attached hydrogens (tertiary/aromatic N) is 2. The van der Waals surface area contributed by atoms with Crippen molar-refractivity contribution >= 4 is 40.4 Å². The average molecular weight is 400 g/mol. The minimum atomic E-state index is -0.555. The van der Waals surface area contributed by atoms with Crippen molar-refractivity contribution in [3.8, 4) is 0 Å². The molecule has 0 saturated carbocycles. The van der Waals surface area contributed by atoms with E-state index >= 15 is 0 Å². The van der Waals surface area contributed by atoms with Crippen LogP contribution in [0.1, 0.15) is 16.2 Å². The van der Waals surface area contributed by atoms with Crippen LogP contribution in [0.2, 0.25) is 5.02 Å². The van der Waals surface area contributed by atoms with Crippen LogP contribution >= 0.6 is 11.6 Å². The van der Waals surface area contributed by atoms with Gasteiger partial charge < -0.3 is 9.88 Å². The number of carbonyl (C=O) groups is 3. The summed E-state index contributed by atoms with van der Waals surface area (Å²) in [5.41, 5.74) is 6.66. The van der Waals surface area contributed by atoms with Crippen LogP contribution < -0.4 is 16.2 Å². The molecule has 0 radical (unpaired) electrons. The van der Waals surface area contributed by atoms with Gasteiger partial charge >= 0.3 is 0 Å². The summed E-state index contributed by atoms with van der Waals surface area (Å²) in [5.74, 6) is -0.821. The minimum Gasteiger partial charge on any atom is -0.343 e. The van der Waals surface area contributed by atoms with E-state index in [9.17, 15) is 14.4 Å². The van der Waals surface area contributed by atoms with Gasteiger partial charge in [-0.1, -0.05) is 23.7 Å². The summed E-state index contributed by atoms with van der Waals surface area (Å²) in [6.07, 6.45) is 0.00257. The maximum absolute atomic E-state index is 12.1. The average Bonchev–Trinajstić information content (AvgIpc) is 3.00. The number of amides is 3. The van der Waals surface area contributed by atoms with Gasteiger partial charge in [0.05, 0.1) is 24.0 Å². The molecule has 1 aromatic heterocycles. The van der Waals surface area contributed by atoms with E-state index in [2.05, 4.69) is 21.2 Å². The van der Waals surface area contributed by atoms with Crippen LogP contribution in [0, 0.1) is 0 Å². The van der Waals surface area contributed by atoms with Crippen molar-refractivity contribution in [1.82, 2.24) is 25.7 Å². The Morgan fingerprint density at radius 2 is 1.68 bits per heavy atom. The van der Waals surface area contributed by atoms with E-state index in [4.69, 9.17) is 11.6 Å². The van der Waals surface area contributed by atoms with Crippen molar-refractivity contribution in [2.45, 2.75) is 6.42 Å². The smallest absolute Gasteiger partial charge is 0.257 e. The number of rotatable bonds is 5. The number of aryl methyl sites for hydroxylation is 1. The Labute approximate surface area is 165 Å². The molecule has 0 unspecified atom stereocenters. The lowest BCUT2D eigenvalue weighted by atomic mass is 10.2. The normalized spacial score (nSPS) is 10.5. The molecule has 0 fully saturated rings. The molecule has 28 heavy (non-hydrogen) atoms. The second kappa shape index (κ2) is 8.53. The number of hydrazine groups is 1. The number of benzene rings is 2. The summed E-state index contributed by atoms with van der Waals surface area (Å²) in [7, 11) is 1.82. The van der Waals surface area contributed by atoms with Crippen LogP contribution in [0.5, 0.6) is 0 Å². The van der Waals surface area contributed by atoms with Crippen molar-refractivity contribution in [1.29, 1.82) is 0 Å². The molecule has 9 heteroatoms. The lowest BCUT2D eigenvalue weighted by molar-refractivity contribution is -0.128. The third kappa shape index (κ3) is 4.66. The molecule has 3 aromatic rings. The maximum Gasteiger partial charge on any atom is 0.257 e. The van der Waals surface area contributed by atoms with E-state index in [0.717, 1.165) is 11.0 Å². The molecule has 0 bridgehead atoms.